The molecule has 1 unspecified atom stereocenters. The molecule has 1 atom stereocenters. The van der Waals surface area contributed by atoms with Crippen LogP contribution >= 0.6 is 0 Å². The fourth-order valence-corrected chi connectivity index (χ4v) is 2.79. The van der Waals surface area contributed by atoms with Gasteiger partial charge in [0, 0.05) is 13.0 Å². The molecule has 0 aliphatic heterocycles. The van der Waals surface area contributed by atoms with Gasteiger partial charge in [-0.15, -0.1) is 0 Å². The quantitative estimate of drug-likeness (QED) is 0.406. The lowest BCUT2D eigenvalue weighted by atomic mass is 10.1. The third-order valence-corrected chi connectivity index (χ3v) is 4.43. The van der Waals surface area contributed by atoms with Gasteiger partial charge in [0.05, 0.1) is 0 Å². The van der Waals surface area contributed by atoms with Crippen molar-refractivity contribution in [1.82, 2.24) is 10.6 Å². The van der Waals surface area contributed by atoms with Gasteiger partial charge in [-0.05, 0) is 49.6 Å². The summed E-state index contributed by atoms with van der Waals surface area (Å²) in [5, 5.41) is 22.5. The lowest BCUT2D eigenvalue weighted by molar-refractivity contribution is -0.152. The Morgan fingerprint density at radius 1 is 0.882 bits per heavy atom. The van der Waals surface area contributed by atoms with Crippen LogP contribution in [0.3, 0.4) is 0 Å². The van der Waals surface area contributed by atoms with E-state index in [4.69, 9.17) is 14.6 Å². The number of nitrogens with one attached hydrogen (secondary N) is 2. The molecule has 182 valence electrons. The van der Waals surface area contributed by atoms with Crippen molar-refractivity contribution < 1.29 is 38.9 Å². The molecule has 0 heterocycles. The van der Waals surface area contributed by atoms with Crippen LogP contribution in [0, 0.1) is 0 Å². The number of carbonyl (C=O) groups is 4. The number of hydrogen-bond donors (Lipinski definition) is 4. The number of hydrogen-bond acceptors (Lipinski definition) is 6. The minimum Gasteiger partial charge on any atom is -0.489 e. The highest BCUT2D eigenvalue weighted by Crippen LogP contribution is 2.16. The van der Waals surface area contributed by atoms with Crippen LogP contribution in [0.25, 0.3) is 0 Å². The number of carboxylic acids is 2. The zero-order valence-electron chi connectivity index (χ0n) is 19.2. The van der Waals surface area contributed by atoms with E-state index < -0.39 is 35.6 Å². The van der Waals surface area contributed by atoms with E-state index in [1.54, 1.807) is 45.0 Å². The number of alkyl carbamates (subject to hydrolysis) is 1. The highest BCUT2D eigenvalue weighted by atomic mass is 16.6. The van der Waals surface area contributed by atoms with E-state index in [2.05, 4.69) is 5.32 Å². The molecular formula is C24H28N2O8. The van der Waals surface area contributed by atoms with Crippen LogP contribution < -0.4 is 15.4 Å². The summed E-state index contributed by atoms with van der Waals surface area (Å²) < 4.78 is 10.9. The summed E-state index contributed by atoms with van der Waals surface area (Å²) >= 11 is 0. The Labute approximate surface area is 196 Å². The van der Waals surface area contributed by atoms with Crippen LogP contribution in [0.5, 0.6) is 5.75 Å². The molecular weight excluding hydrogens is 444 g/mol. The molecule has 0 saturated carbocycles. The van der Waals surface area contributed by atoms with Crippen LogP contribution in [0.2, 0.25) is 0 Å². The third-order valence-electron chi connectivity index (χ3n) is 4.43. The molecule has 0 fully saturated rings. The molecule has 0 aromatic heterocycles. The average Bonchev–Trinajstić information content (AvgIpc) is 2.76. The third kappa shape index (κ3) is 9.19. The van der Waals surface area contributed by atoms with Crippen molar-refractivity contribution in [2.24, 2.45) is 0 Å². The molecule has 2 aromatic carbocycles. The van der Waals surface area contributed by atoms with Gasteiger partial charge in [0.1, 0.15) is 24.0 Å². The maximum atomic E-state index is 11.7. The molecule has 0 radical (unpaired) electrons. The van der Waals surface area contributed by atoms with Crippen molar-refractivity contribution in [3.05, 3.63) is 65.2 Å². The molecule has 4 N–H and O–H groups in total. The van der Waals surface area contributed by atoms with Gasteiger partial charge in [-0.2, -0.15) is 0 Å². The Morgan fingerprint density at radius 3 is 1.97 bits per heavy atom. The molecule has 10 nitrogen and oxygen atoms in total. The molecule has 0 bridgehead atoms. The molecule has 0 saturated heterocycles. The summed E-state index contributed by atoms with van der Waals surface area (Å²) in [6, 6.07) is 12.7. The van der Waals surface area contributed by atoms with Crippen molar-refractivity contribution in [2.45, 2.75) is 52.0 Å². The second kappa shape index (κ2) is 11.7. The monoisotopic (exact) mass is 472 g/mol. The zero-order chi connectivity index (χ0) is 25.3. The van der Waals surface area contributed by atoms with Gasteiger partial charge in [0.2, 0.25) is 0 Å². The minimum atomic E-state index is -1.75. The molecule has 0 aliphatic rings. The molecule has 2 aromatic rings. The summed E-state index contributed by atoms with van der Waals surface area (Å²) in [6.45, 7) is 6.02. The van der Waals surface area contributed by atoms with Gasteiger partial charge in [-0.25, -0.2) is 14.4 Å². The highest BCUT2D eigenvalue weighted by Gasteiger charge is 2.23. The Balaban J connectivity index is 1.84. The number of carboxylic acid groups (broad SMARTS) is 2. The van der Waals surface area contributed by atoms with E-state index in [9.17, 15) is 24.3 Å². The SMILES string of the molecule is CC(C)(C)OC(=O)NCc1ccc(COc2ccc(CC(NC(=O)C(=O)O)C(=O)O)cc2)cc1. The van der Waals surface area contributed by atoms with E-state index in [1.807, 2.05) is 29.6 Å². The van der Waals surface area contributed by atoms with Gasteiger partial charge >= 0.3 is 23.9 Å². The largest absolute Gasteiger partial charge is 0.489 e. The first-order chi connectivity index (χ1) is 15.9. The van der Waals surface area contributed by atoms with Gasteiger partial charge in [0.25, 0.3) is 0 Å². The second-order valence-corrected chi connectivity index (χ2v) is 8.48. The van der Waals surface area contributed by atoms with Gasteiger partial charge < -0.3 is 30.3 Å². The summed E-state index contributed by atoms with van der Waals surface area (Å²) in [4.78, 5) is 44.9. The smallest absolute Gasteiger partial charge is 0.407 e. The average molecular weight is 472 g/mol. The molecule has 34 heavy (non-hydrogen) atoms. The molecule has 2 amide bonds. The predicted molar refractivity (Wildman–Crippen MR) is 121 cm³/mol. The number of rotatable bonds is 9. The van der Waals surface area contributed by atoms with Crippen molar-refractivity contribution in [3.8, 4) is 5.75 Å². The number of benzene rings is 2. The van der Waals surface area contributed by atoms with E-state index in [0.29, 0.717) is 24.5 Å². The highest BCUT2D eigenvalue weighted by molar-refractivity contribution is 6.31. The first kappa shape index (κ1) is 26.2. The van der Waals surface area contributed by atoms with Crippen LogP contribution in [0.15, 0.2) is 48.5 Å². The van der Waals surface area contributed by atoms with Crippen LogP contribution in [-0.2, 0) is 38.7 Å². The Bertz CT molecular complexity index is 1010. The fourth-order valence-electron chi connectivity index (χ4n) is 2.79. The van der Waals surface area contributed by atoms with E-state index in [-0.39, 0.29) is 6.42 Å². The van der Waals surface area contributed by atoms with Crippen LogP contribution in [-0.4, -0.2) is 45.8 Å². The van der Waals surface area contributed by atoms with E-state index in [1.165, 1.54) is 0 Å². The maximum absolute atomic E-state index is 11.7. The zero-order valence-corrected chi connectivity index (χ0v) is 19.2. The first-order valence-corrected chi connectivity index (χ1v) is 10.5. The van der Waals surface area contributed by atoms with Gasteiger partial charge in [-0.1, -0.05) is 36.4 Å². The normalized spacial score (nSPS) is 11.7. The second-order valence-electron chi connectivity index (χ2n) is 8.48. The number of aliphatic carboxylic acids is 2. The lowest BCUT2D eigenvalue weighted by Crippen LogP contribution is -2.45. The van der Waals surface area contributed by atoms with Crippen molar-refractivity contribution in [2.75, 3.05) is 0 Å². The fraction of sp³-hybridized carbons (Fsp3) is 0.333. The summed E-state index contributed by atoms with van der Waals surface area (Å²) in [5.74, 6) is -3.90. The number of amides is 2. The minimum absolute atomic E-state index is 0.0760. The Hall–Kier alpha value is -4.08. The molecule has 0 spiro atoms. The van der Waals surface area contributed by atoms with Crippen LogP contribution in [0.4, 0.5) is 4.79 Å². The predicted octanol–water partition coefficient (Wildman–Crippen LogP) is 2.49. The maximum Gasteiger partial charge on any atom is 0.407 e. The summed E-state index contributed by atoms with van der Waals surface area (Å²) in [6.07, 6.45) is -0.560. The number of ether oxygens (including phenoxy) is 2. The van der Waals surface area contributed by atoms with E-state index >= 15 is 0 Å². The summed E-state index contributed by atoms with van der Waals surface area (Å²) in [5.41, 5.74) is 1.85. The van der Waals surface area contributed by atoms with E-state index in [0.717, 1.165) is 11.1 Å². The van der Waals surface area contributed by atoms with Crippen molar-refractivity contribution in [3.63, 3.8) is 0 Å². The van der Waals surface area contributed by atoms with Gasteiger partial charge in [-0.3, -0.25) is 4.79 Å². The molecule has 0 aliphatic carbocycles. The lowest BCUT2D eigenvalue weighted by Gasteiger charge is -2.19. The van der Waals surface area contributed by atoms with Crippen molar-refractivity contribution in [1.29, 1.82) is 0 Å². The number of carbonyl (C=O) groups excluding carboxylic acids is 2. The Kier molecular flexibility index (Phi) is 9.00. The Morgan fingerprint density at radius 2 is 1.44 bits per heavy atom. The standard InChI is InChI=1S/C24H28N2O8/c1-24(2,3)34-23(32)25-13-16-4-6-17(7-5-16)14-33-18-10-8-15(9-11-18)12-19(21(28)29)26-20(27)22(30)31/h4-11,19H,12-14H2,1-3H3,(H,25,32)(H,26,27)(H,28,29)(H,30,31). The van der Waals surface area contributed by atoms with Gasteiger partial charge in [0.15, 0.2) is 0 Å². The molecule has 2 rings (SSSR count). The topological polar surface area (TPSA) is 151 Å². The van der Waals surface area contributed by atoms with Crippen molar-refractivity contribution >= 4 is 23.9 Å². The molecule has 10 heteroatoms. The first-order valence-electron chi connectivity index (χ1n) is 10.5. The summed E-state index contributed by atoms with van der Waals surface area (Å²) in [7, 11) is 0. The van der Waals surface area contributed by atoms with Crippen LogP contribution in [0.1, 0.15) is 37.5 Å².